The highest BCUT2D eigenvalue weighted by molar-refractivity contribution is 7.99. The van der Waals surface area contributed by atoms with Gasteiger partial charge in [0, 0.05) is 4.90 Å². The van der Waals surface area contributed by atoms with E-state index in [0.29, 0.717) is 11.0 Å². The van der Waals surface area contributed by atoms with Crippen molar-refractivity contribution in [3.05, 3.63) is 18.2 Å². The highest BCUT2D eigenvalue weighted by Crippen LogP contribution is 2.55. The number of aromatic nitrogens is 2. The number of nitrogens with one attached hydrogen (secondary N) is 1. The third kappa shape index (κ3) is 8.08. The molecular weight excluding hydrogens is 453 g/mol. The van der Waals surface area contributed by atoms with Gasteiger partial charge >= 0.3 is 13.9 Å². The lowest BCUT2D eigenvalue weighted by Gasteiger charge is -2.31. The predicted molar refractivity (Wildman–Crippen MR) is 127 cm³/mol. The molecule has 0 bridgehead atoms. The maximum atomic E-state index is 13.5. The molecule has 0 aliphatic rings. The summed E-state index contributed by atoms with van der Waals surface area (Å²) in [7, 11) is -2.70. The Morgan fingerprint density at radius 3 is 2.31 bits per heavy atom. The van der Waals surface area contributed by atoms with Crippen LogP contribution < -0.4 is 5.32 Å². The molecule has 0 aliphatic heterocycles. The Labute approximate surface area is 194 Å². The van der Waals surface area contributed by atoms with Crippen molar-refractivity contribution in [3.8, 4) is 0 Å². The second-order valence-electron chi connectivity index (χ2n) is 9.09. The number of ether oxygens (including phenoxy) is 1. The molecule has 1 N–H and O–H groups in total. The number of methoxy groups -OCH3 is 1. The molecule has 1 heterocycles. The van der Waals surface area contributed by atoms with Crippen molar-refractivity contribution in [2.45, 2.75) is 77.7 Å². The molecule has 180 valence electrons. The number of carbonyl (C=O) groups excluding carboxylic acids is 1. The summed E-state index contributed by atoms with van der Waals surface area (Å²) in [6.07, 6.45) is 0.361. The average Bonchev–Trinajstić information content (AvgIpc) is 2.97. The van der Waals surface area contributed by atoms with Crippen LogP contribution in [0.15, 0.2) is 23.1 Å². The van der Waals surface area contributed by atoms with Crippen LogP contribution in [0.2, 0.25) is 0 Å². The van der Waals surface area contributed by atoms with Crippen LogP contribution in [-0.2, 0) is 29.6 Å². The van der Waals surface area contributed by atoms with E-state index in [2.05, 4.69) is 17.2 Å². The molecule has 2 rings (SSSR count). The van der Waals surface area contributed by atoms with Crippen LogP contribution in [0.1, 0.15) is 54.9 Å². The highest BCUT2D eigenvalue weighted by atomic mass is 32.2. The van der Waals surface area contributed by atoms with E-state index in [-0.39, 0.29) is 12.7 Å². The molecule has 1 amide bonds. The van der Waals surface area contributed by atoms with Crippen LogP contribution in [0, 0.1) is 0 Å². The van der Waals surface area contributed by atoms with Crippen LogP contribution >= 0.6 is 19.6 Å². The number of hydrogen-bond acceptors (Lipinski definition) is 8. The number of amides is 1. The lowest BCUT2D eigenvalue weighted by atomic mass is 10.2. The second-order valence-corrected chi connectivity index (χ2v) is 11.8. The van der Waals surface area contributed by atoms with Crippen LogP contribution in [0.3, 0.4) is 0 Å². The zero-order chi connectivity index (χ0) is 24.2. The Hall–Kier alpha value is -1.58. The van der Waals surface area contributed by atoms with Crippen molar-refractivity contribution in [1.29, 1.82) is 0 Å². The fourth-order valence-corrected chi connectivity index (χ4v) is 5.19. The van der Waals surface area contributed by atoms with Crippen LogP contribution in [0.4, 0.5) is 10.7 Å². The maximum absolute atomic E-state index is 13.5. The van der Waals surface area contributed by atoms with E-state index in [1.54, 1.807) is 57.9 Å². The first-order valence-electron chi connectivity index (χ1n) is 10.4. The number of fused-ring (bicyclic) bond motifs is 1. The van der Waals surface area contributed by atoms with Gasteiger partial charge in [0.25, 0.3) is 0 Å². The molecule has 9 nitrogen and oxygen atoms in total. The maximum Gasteiger partial charge on any atom is 0.477 e. The molecule has 0 spiro atoms. The van der Waals surface area contributed by atoms with E-state index in [9.17, 15) is 9.36 Å². The zero-order valence-corrected chi connectivity index (χ0v) is 21.8. The molecule has 2 aromatic rings. The van der Waals surface area contributed by atoms with E-state index in [1.165, 1.54) is 7.11 Å². The van der Waals surface area contributed by atoms with Crippen molar-refractivity contribution in [3.63, 3.8) is 0 Å². The van der Waals surface area contributed by atoms with E-state index in [1.807, 2.05) is 18.2 Å². The smallest absolute Gasteiger partial charge is 0.453 e. The summed E-state index contributed by atoms with van der Waals surface area (Å²) in [5, 5.41) is 2.58. The van der Waals surface area contributed by atoms with Gasteiger partial charge in [-0.25, -0.2) is 14.3 Å². The van der Waals surface area contributed by atoms with Crippen molar-refractivity contribution < 1.29 is 27.7 Å². The number of thioether (sulfide) groups is 1. The number of benzene rings is 1. The minimum atomic E-state index is -3.97. The number of hydrogen-bond donors (Lipinski definition) is 1. The Morgan fingerprint density at radius 1 is 1.16 bits per heavy atom. The summed E-state index contributed by atoms with van der Waals surface area (Å²) < 4.78 is 36.9. The molecular formula is C21H34N3O6PS. The van der Waals surface area contributed by atoms with Gasteiger partial charge in [0.05, 0.1) is 29.3 Å². The number of carbonyl (C=O) groups is 1. The Bertz CT molecular complexity index is 960. The largest absolute Gasteiger partial charge is 0.477 e. The van der Waals surface area contributed by atoms with Gasteiger partial charge < -0.3 is 4.74 Å². The standard InChI is InChI=1S/C21H34N3O6PS/c1-9-12-32-15-10-11-16-17(13-15)24(18(22-16)23-19(25)27-8)14-28-31(26,29-20(2,3)4)30-21(5,6)7/h10-11,13H,9,12,14H2,1-8H3,(H,22,23,25). The first kappa shape index (κ1) is 26.7. The second kappa shape index (κ2) is 10.6. The molecule has 0 saturated heterocycles. The Kier molecular flexibility index (Phi) is 8.81. The first-order chi connectivity index (χ1) is 14.8. The normalized spacial score (nSPS) is 12.9. The van der Waals surface area contributed by atoms with Gasteiger partial charge in [0.2, 0.25) is 5.95 Å². The summed E-state index contributed by atoms with van der Waals surface area (Å²) in [6.45, 7) is 12.5. The Morgan fingerprint density at radius 2 is 1.78 bits per heavy atom. The van der Waals surface area contributed by atoms with Gasteiger partial charge in [-0.05, 0) is 71.9 Å². The number of rotatable bonds is 9. The van der Waals surface area contributed by atoms with Gasteiger partial charge in [-0.3, -0.25) is 23.5 Å². The van der Waals surface area contributed by atoms with Crippen molar-refractivity contribution in [1.82, 2.24) is 9.55 Å². The highest BCUT2D eigenvalue weighted by Gasteiger charge is 2.37. The monoisotopic (exact) mass is 487 g/mol. The SMILES string of the molecule is CCCSc1ccc2nc(NC(=O)OC)n(COP(=O)(OC(C)(C)C)OC(C)(C)C)c2c1. The fraction of sp³-hybridized carbons (Fsp3) is 0.619. The van der Waals surface area contributed by atoms with Gasteiger partial charge in [-0.1, -0.05) is 6.92 Å². The fourth-order valence-electron chi connectivity index (χ4n) is 2.65. The number of anilines is 1. The van der Waals surface area contributed by atoms with Crippen LogP contribution in [0.25, 0.3) is 11.0 Å². The summed E-state index contributed by atoms with van der Waals surface area (Å²) >= 11 is 1.71. The van der Waals surface area contributed by atoms with Gasteiger partial charge in [-0.2, -0.15) is 0 Å². The van der Waals surface area contributed by atoms with Gasteiger partial charge in [-0.15, -0.1) is 11.8 Å². The number of nitrogens with zero attached hydrogens (tertiary/aromatic N) is 2. The zero-order valence-electron chi connectivity index (χ0n) is 20.1. The lowest BCUT2D eigenvalue weighted by Crippen LogP contribution is -2.25. The Balaban J connectivity index is 2.44. The number of phosphoric acid groups is 1. The van der Waals surface area contributed by atoms with E-state index >= 15 is 0 Å². The van der Waals surface area contributed by atoms with E-state index in [0.717, 1.165) is 17.1 Å². The lowest BCUT2D eigenvalue weighted by molar-refractivity contribution is -0.00542. The minimum Gasteiger partial charge on any atom is -0.453 e. The molecule has 11 heteroatoms. The summed E-state index contributed by atoms with van der Waals surface area (Å²) in [4.78, 5) is 17.4. The van der Waals surface area contributed by atoms with Crippen molar-refractivity contribution >= 4 is 42.7 Å². The topological polar surface area (TPSA) is 101 Å². The summed E-state index contributed by atoms with van der Waals surface area (Å²) in [6, 6.07) is 5.79. The number of phosphoric ester groups is 1. The molecule has 32 heavy (non-hydrogen) atoms. The van der Waals surface area contributed by atoms with Gasteiger partial charge in [0.15, 0.2) is 0 Å². The summed E-state index contributed by atoms with van der Waals surface area (Å²) in [5.41, 5.74) is -0.191. The molecule has 0 unspecified atom stereocenters. The molecule has 0 saturated carbocycles. The average molecular weight is 488 g/mol. The summed E-state index contributed by atoms with van der Waals surface area (Å²) in [5.74, 6) is 1.17. The third-order valence-electron chi connectivity index (χ3n) is 3.71. The van der Waals surface area contributed by atoms with E-state index in [4.69, 9.17) is 18.3 Å². The van der Waals surface area contributed by atoms with Gasteiger partial charge in [0.1, 0.15) is 6.73 Å². The van der Waals surface area contributed by atoms with Crippen molar-refractivity contribution in [2.24, 2.45) is 0 Å². The van der Waals surface area contributed by atoms with Crippen molar-refractivity contribution in [2.75, 3.05) is 18.2 Å². The quantitative estimate of drug-likeness (QED) is 0.319. The molecule has 1 aromatic heterocycles. The molecule has 1 aromatic carbocycles. The first-order valence-corrected chi connectivity index (χ1v) is 12.8. The van der Waals surface area contributed by atoms with E-state index < -0.39 is 25.1 Å². The molecule has 0 atom stereocenters. The third-order valence-corrected chi connectivity index (χ3v) is 6.88. The minimum absolute atomic E-state index is 0.197. The van der Waals surface area contributed by atoms with Crippen LogP contribution in [-0.4, -0.2) is 39.7 Å². The number of imidazole rings is 1. The molecule has 0 fully saturated rings. The predicted octanol–water partition coefficient (Wildman–Crippen LogP) is 6.43. The van der Waals surface area contributed by atoms with Crippen LogP contribution in [0.5, 0.6) is 0 Å². The molecule has 0 radical (unpaired) electrons. The molecule has 0 aliphatic carbocycles.